The Kier molecular flexibility index (Phi) is 7.13. The highest BCUT2D eigenvalue weighted by Crippen LogP contribution is 2.42. The third-order valence-corrected chi connectivity index (χ3v) is 6.78. The molecule has 2 atom stereocenters. The highest BCUT2D eigenvalue weighted by molar-refractivity contribution is 9.10. The van der Waals surface area contributed by atoms with Crippen LogP contribution in [0.2, 0.25) is 0 Å². The molecule has 5 rings (SSSR count). The van der Waals surface area contributed by atoms with Crippen molar-refractivity contribution in [2.75, 3.05) is 23.9 Å². The molecule has 1 saturated heterocycles. The van der Waals surface area contributed by atoms with Gasteiger partial charge in [-0.25, -0.2) is 0 Å². The van der Waals surface area contributed by atoms with Gasteiger partial charge in [-0.1, -0.05) is 28.1 Å². The summed E-state index contributed by atoms with van der Waals surface area (Å²) in [6.07, 6.45) is 3.85. The molecule has 2 N–H and O–H groups in total. The van der Waals surface area contributed by atoms with Crippen LogP contribution in [-0.2, 0) is 9.53 Å². The fraction of sp³-hybridized carbons (Fsp3) is 0.148. The van der Waals surface area contributed by atoms with E-state index >= 15 is 0 Å². The molecule has 1 amide bonds. The van der Waals surface area contributed by atoms with E-state index in [1.54, 1.807) is 6.20 Å². The van der Waals surface area contributed by atoms with Gasteiger partial charge in [0.05, 0.1) is 11.7 Å². The summed E-state index contributed by atoms with van der Waals surface area (Å²) < 4.78 is 8.08. The summed E-state index contributed by atoms with van der Waals surface area (Å²) in [5, 5.41) is 6.93. The van der Waals surface area contributed by atoms with Gasteiger partial charge in [-0.2, -0.15) is 0 Å². The molecule has 0 saturated carbocycles. The molecule has 1 aliphatic rings. The van der Waals surface area contributed by atoms with Gasteiger partial charge in [-0.3, -0.25) is 9.78 Å². The third-order valence-electron chi connectivity index (χ3n) is 5.97. The molecule has 182 valence electrons. The molecule has 3 heterocycles. The van der Waals surface area contributed by atoms with Crippen LogP contribution in [0.1, 0.15) is 23.5 Å². The number of nitrogens with one attached hydrogen (secondary N) is 2. The number of anilines is 2. The number of hydrogen-bond acceptors (Lipinski definition) is 4. The molecule has 0 aliphatic carbocycles. The smallest absolute Gasteiger partial charge is 0.250 e. The molecular weight excluding hydrogens is 538 g/mol. The standard InChI is InChI=1S/C27H24BrN5O2S/c1-35-17-24(34)30-19-10-12-20(13-11-19)33-26(25(31-27(33)36)22-8-2-3-14-29-22)23-9-5-15-32(23)21-7-4-6-18(28)16-21/h2-16,25-26H,17H2,1H3,(H,30,34)(H,31,36)/t25-,26+/m0/s1. The summed E-state index contributed by atoms with van der Waals surface area (Å²) in [6, 6.07) is 25.6. The number of thiocarbonyl (C=S) groups is 1. The Bertz CT molecular complexity index is 1380. The minimum atomic E-state index is -0.205. The summed E-state index contributed by atoms with van der Waals surface area (Å²) >= 11 is 9.44. The molecule has 9 heteroatoms. The summed E-state index contributed by atoms with van der Waals surface area (Å²) in [5.74, 6) is -0.205. The van der Waals surface area contributed by atoms with E-state index in [4.69, 9.17) is 17.0 Å². The highest BCUT2D eigenvalue weighted by Gasteiger charge is 2.42. The first-order chi connectivity index (χ1) is 17.5. The largest absolute Gasteiger partial charge is 0.375 e. The lowest BCUT2D eigenvalue weighted by molar-refractivity contribution is -0.119. The number of nitrogens with zero attached hydrogens (tertiary/aromatic N) is 3. The first kappa shape index (κ1) is 24.2. The Balaban J connectivity index is 1.56. The number of methoxy groups -OCH3 is 1. The van der Waals surface area contributed by atoms with Gasteiger partial charge >= 0.3 is 0 Å². The van der Waals surface area contributed by atoms with Gasteiger partial charge < -0.3 is 24.8 Å². The molecule has 1 aliphatic heterocycles. The first-order valence-corrected chi connectivity index (χ1v) is 12.6. The Labute approximate surface area is 223 Å². The summed E-state index contributed by atoms with van der Waals surface area (Å²) in [6.45, 7) is 0.00228. The van der Waals surface area contributed by atoms with Crippen molar-refractivity contribution in [3.05, 3.63) is 107 Å². The van der Waals surface area contributed by atoms with Crippen molar-refractivity contribution in [3.8, 4) is 5.69 Å². The second-order valence-corrected chi connectivity index (χ2v) is 9.61. The van der Waals surface area contributed by atoms with Crippen molar-refractivity contribution in [2.24, 2.45) is 0 Å². The van der Waals surface area contributed by atoms with Crippen molar-refractivity contribution in [3.63, 3.8) is 0 Å². The van der Waals surface area contributed by atoms with Crippen molar-refractivity contribution in [1.29, 1.82) is 0 Å². The maximum atomic E-state index is 11.9. The zero-order valence-corrected chi connectivity index (χ0v) is 21.9. The van der Waals surface area contributed by atoms with E-state index in [-0.39, 0.29) is 24.6 Å². The molecule has 7 nitrogen and oxygen atoms in total. The number of pyridine rings is 1. The molecular formula is C27H24BrN5O2S. The number of rotatable bonds is 7. The van der Waals surface area contributed by atoms with E-state index in [0.717, 1.165) is 27.2 Å². The molecule has 1 fully saturated rings. The van der Waals surface area contributed by atoms with Crippen LogP contribution < -0.4 is 15.5 Å². The molecule has 4 aromatic rings. The highest BCUT2D eigenvalue weighted by atomic mass is 79.9. The molecule has 0 unspecified atom stereocenters. The monoisotopic (exact) mass is 561 g/mol. The van der Waals surface area contributed by atoms with E-state index in [2.05, 4.69) is 65.4 Å². The van der Waals surface area contributed by atoms with E-state index in [0.29, 0.717) is 10.8 Å². The predicted octanol–water partition coefficient (Wildman–Crippen LogP) is 5.40. The molecule has 0 radical (unpaired) electrons. The quantitative estimate of drug-likeness (QED) is 0.294. The SMILES string of the molecule is COCC(=O)Nc1ccc(N2C(=S)N[C@@H](c3ccccn3)[C@H]2c2cccn2-c2cccc(Br)c2)cc1. The van der Waals surface area contributed by atoms with E-state index in [1.807, 2.05) is 60.7 Å². The van der Waals surface area contributed by atoms with Gasteiger partial charge in [-0.05, 0) is 78.9 Å². The zero-order valence-electron chi connectivity index (χ0n) is 19.5. The number of aromatic nitrogens is 2. The van der Waals surface area contributed by atoms with Gasteiger partial charge in [0.1, 0.15) is 12.6 Å². The van der Waals surface area contributed by atoms with Gasteiger partial charge in [0.2, 0.25) is 5.91 Å². The third kappa shape index (κ3) is 4.90. The lowest BCUT2D eigenvalue weighted by atomic mass is 10.0. The molecule has 0 bridgehead atoms. The van der Waals surface area contributed by atoms with Crippen molar-refractivity contribution in [1.82, 2.24) is 14.9 Å². The predicted molar refractivity (Wildman–Crippen MR) is 148 cm³/mol. The maximum Gasteiger partial charge on any atom is 0.250 e. The van der Waals surface area contributed by atoms with Crippen molar-refractivity contribution >= 4 is 50.5 Å². The number of ether oxygens (including phenoxy) is 1. The lowest BCUT2D eigenvalue weighted by Gasteiger charge is -2.29. The van der Waals surface area contributed by atoms with Gasteiger partial charge in [0.15, 0.2) is 5.11 Å². The average molecular weight is 562 g/mol. The molecule has 0 spiro atoms. The Morgan fingerprint density at radius 1 is 1.08 bits per heavy atom. The number of carbonyl (C=O) groups is 1. The summed E-state index contributed by atoms with van der Waals surface area (Å²) in [5.41, 5.74) is 4.60. The number of benzene rings is 2. The van der Waals surface area contributed by atoms with Crippen LogP contribution in [0.3, 0.4) is 0 Å². The van der Waals surface area contributed by atoms with Crippen LogP contribution in [0.5, 0.6) is 0 Å². The summed E-state index contributed by atoms with van der Waals surface area (Å²) in [7, 11) is 1.49. The van der Waals surface area contributed by atoms with Crippen LogP contribution >= 0.6 is 28.1 Å². The number of hydrogen-bond donors (Lipinski definition) is 2. The van der Waals surface area contributed by atoms with Crippen LogP contribution in [0.25, 0.3) is 5.69 Å². The Morgan fingerprint density at radius 3 is 2.64 bits per heavy atom. The fourth-order valence-electron chi connectivity index (χ4n) is 4.46. The number of amides is 1. The molecule has 36 heavy (non-hydrogen) atoms. The summed E-state index contributed by atoms with van der Waals surface area (Å²) in [4.78, 5) is 18.7. The van der Waals surface area contributed by atoms with Gasteiger partial charge in [0, 0.05) is 46.7 Å². The Morgan fingerprint density at radius 2 is 1.92 bits per heavy atom. The minimum Gasteiger partial charge on any atom is -0.375 e. The molecule has 2 aromatic heterocycles. The van der Waals surface area contributed by atoms with E-state index in [1.165, 1.54) is 7.11 Å². The zero-order chi connectivity index (χ0) is 25.1. The van der Waals surface area contributed by atoms with E-state index in [9.17, 15) is 4.79 Å². The van der Waals surface area contributed by atoms with E-state index < -0.39 is 0 Å². The van der Waals surface area contributed by atoms with Crippen LogP contribution in [0, 0.1) is 0 Å². The Hall–Kier alpha value is -3.53. The lowest BCUT2D eigenvalue weighted by Crippen LogP contribution is -2.30. The normalized spacial score (nSPS) is 17.2. The number of halogens is 1. The van der Waals surface area contributed by atoms with Crippen LogP contribution in [0.4, 0.5) is 11.4 Å². The van der Waals surface area contributed by atoms with Crippen LogP contribution in [0.15, 0.2) is 95.7 Å². The van der Waals surface area contributed by atoms with Crippen molar-refractivity contribution < 1.29 is 9.53 Å². The minimum absolute atomic E-state index is 0.00228. The fourth-order valence-corrected chi connectivity index (χ4v) is 5.20. The van der Waals surface area contributed by atoms with Crippen LogP contribution in [-0.4, -0.2) is 34.3 Å². The number of carbonyl (C=O) groups excluding carboxylic acids is 1. The van der Waals surface area contributed by atoms with Gasteiger partial charge in [-0.15, -0.1) is 0 Å². The second kappa shape index (κ2) is 10.6. The maximum absolute atomic E-state index is 11.9. The van der Waals surface area contributed by atoms with Gasteiger partial charge in [0.25, 0.3) is 0 Å². The van der Waals surface area contributed by atoms with Crippen molar-refractivity contribution in [2.45, 2.75) is 12.1 Å². The second-order valence-electron chi connectivity index (χ2n) is 8.31. The first-order valence-electron chi connectivity index (χ1n) is 11.4. The topological polar surface area (TPSA) is 71.4 Å². The average Bonchev–Trinajstić information content (AvgIpc) is 3.49. The molecule has 2 aromatic carbocycles.